The number of thiazole rings is 1. The van der Waals surface area contributed by atoms with Gasteiger partial charge in [0.25, 0.3) is 11.2 Å². The molecule has 0 unspecified atom stereocenters. The maximum atomic E-state index is 12.2. The molecule has 0 aliphatic rings. The third-order valence-corrected chi connectivity index (χ3v) is 4.44. The van der Waals surface area contributed by atoms with Crippen molar-refractivity contribution >= 4 is 34.0 Å². The third-order valence-electron chi connectivity index (χ3n) is 3.39. The number of hydrogen-bond donors (Lipinski definition) is 1. The zero-order chi connectivity index (χ0) is 20.3. The predicted molar refractivity (Wildman–Crippen MR) is 98.1 cm³/mol. The fourth-order valence-corrected chi connectivity index (χ4v) is 3.06. The SMILES string of the molecule is Cc1cc(=O)n(CC(=O)Nc2nc(C)c(C(=O)OC(C)C)s2)cc1[N+](=O)[O-]. The normalized spacial score (nSPS) is 10.7. The van der Waals surface area contributed by atoms with E-state index >= 15 is 0 Å². The highest BCUT2D eigenvalue weighted by Crippen LogP contribution is 2.24. The molecule has 0 saturated carbocycles. The molecule has 2 aromatic heterocycles. The maximum Gasteiger partial charge on any atom is 0.350 e. The van der Waals surface area contributed by atoms with Crippen molar-refractivity contribution in [1.82, 2.24) is 9.55 Å². The van der Waals surface area contributed by atoms with Crippen LogP contribution < -0.4 is 10.9 Å². The molecule has 11 heteroatoms. The molecule has 0 aromatic carbocycles. The molecular weight excluding hydrogens is 376 g/mol. The van der Waals surface area contributed by atoms with Crippen LogP contribution in [0.3, 0.4) is 0 Å². The summed E-state index contributed by atoms with van der Waals surface area (Å²) in [6.45, 7) is 6.06. The summed E-state index contributed by atoms with van der Waals surface area (Å²) in [6.07, 6.45) is 0.733. The number of pyridine rings is 1. The van der Waals surface area contributed by atoms with E-state index < -0.39 is 28.9 Å². The van der Waals surface area contributed by atoms with Gasteiger partial charge in [-0.25, -0.2) is 9.78 Å². The molecule has 2 rings (SSSR count). The molecule has 0 aliphatic heterocycles. The minimum atomic E-state index is -0.625. The standard InChI is InChI=1S/C16H18N4O6S/c1-8(2)26-15(23)14-10(4)17-16(27-14)18-12(21)7-19-6-11(20(24)25)9(3)5-13(19)22/h5-6,8H,7H2,1-4H3,(H,17,18,21). The number of carbonyl (C=O) groups is 2. The van der Waals surface area contributed by atoms with Crippen molar-refractivity contribution in [2.75, 3.05) is 5.32 Å². The molecule has 2 heterocycles. The van der Waals surface area contributed by atoms with Gasteiger partial charge in [-0.3, -0.25) is 24.3 Å². The largest absolute Gasteiger partial charge is 0.459 e. The van der Waals surface area contributed by atoms with Crippen molar-refractivity contribution in [1.29, 1.82) is 0 Å². The number of aromatic nitrogens is 2. The van der Waals surface area contributed by atoms with Gasteiger partial charge >= 0.3 is 5.97 Å². The van der Waals surface area contributed by atoms with Gasteiger partial charge in [-0.05, 0) is 27.7 Å². The minimum Gasteiger partial charge on any atom is -0.459 e. The Labute approximate surface area is 157 Å². The minimum absolute atomic E-state index is 0.169. The van der Waals surface area contributed by atoms with Gasteiger partial charge in [-0.2, -0.15) is 0 Å². The smallest absolute Gasteiger partial charge is 0.350 e. The quantitative estimate of drug-likeness (QED) is 0.450. The summed E-state index contributed by atoms with van der Waals surface area (Å²) in [5.74, 6) is -1.14. The molecule has 0 fully saturated rings. The van der Waals surface area contributed by atoms with Crippen molar-refractivity contribution in [2.45, 2.75) is 40.3 Å². The molecule has 0 spiro atoms. The van der Waals surface area contributed by atoms with Crippen LogP contribution in [0.5, 0.6) is 0 Å². The molecular formula is C16H18N4O6S. The second-order valence-electron chi connectivity index (χ2n) is 6.00. The molecule has 0 atom stereocenters. The molecule has 144 valence electrons. The van der Waals surface area contributed by atoms with Gasteiger partial charge in [0, 0.05) is 11.6 Å². The molecule has 1 amide bonds. The summed E-state index contributed by atoms with van der Waals surface area (Å²) in [6, 6.07) is 1.10. The van der Waals surface area contributed by atoms with Gasteiger partial charge in [-0.1, -0.05) is 11.3 Å². The van der Waals surface area contributed by atoms with Crippen LogP contribution in [0.1, 0.15) is 34.8 Å². The number of nitrogens with zero attached hydrogens (tertiary/aromatic N) is 3. The number of anilines is 1. The van der Waals surface area contributed by atoms with Crippen molar-refractivity contribution in [2.24, 2.45) is 0 Å². The van der Waals surface area contributed by atoms with Crippen LogP contribution in [0, 0.1) is 24.0 Å². The average Bonchev–Trinajstić information content (AvgIpc) is 2.89. The van der Waals surface area contributed by atoms with E-state index in [0.717, 1.165) is 28.2 Å². The van der Waals surface area contributed by atoms with Gasteiger partial charge < -0.3 is 10.1 Å². The Hall–Kier alpha value is -3.08. The Balaban J connectivity index is 2.15. The number of aryl methyl sites for hydroxylation is 2. The van der Waals surface area contributed by atoms with E-state index in [1.54, 1.807) is 20.8 Å². The lowest BCUT2D eigenvalue weighted by molar-refractivity contribution is -0.385. The first-order chi connectivity index (χ1) is 12.6. The number of ether oxygens (including phenoxy) is 1. The van der Waals surface area contributed by atoms with Crippen molar-refractivity contribution < 1.29 is 19.2 Å². The first-order valence-electron chi connectivity index (χ1n) is 7.92. The monoisotopic (exact) mass is 394 g/mol. The zero-order valence-electron chi connectivity index (χ0n) is 15.1. The summed E-state index contributed by atoms with van der Waals surface area (Å²) in [5.41, 5.74) is -0.175. The van der Waals surface area contributed by atoms with Crippen LogP contribution >= 0.6 is 11.3 Å². The third kappa shape index (κ3) is 4.97. The second-order valence-corrected chi connectivity index (χ2v) is 7.00. The molecule has 27 heavy (non-hydrogen) atoms. The van der Waals surface area contributed by atoms with Crippen LogP contribution in [0.4, 0.5) is 10.8 Å². The molecule has 2 aromatic rings. The van der Waals surface area contributed by atoms with E-state index in [2.05, 4.69) is 10.3 Å². The Kier molecular flexibility index (Phi) is 6.05. The summed E-state index contributed by atoms with van der Waals surface area (Å²) >= 11 is 0.950. The summed E-state index contributed by atoms with van der Waals surface area (Å²) in [4.78, 5) is 50.8. The molecule has 0 bridgehead atoms. The van der Waals surface area contributed by atoms with Gasteiger partial charge in [0.2, 0.25) is 5.91 Å². The summed E-state index contributed by atoms with van der Waals surface area (Å²) in [7, 11) is 0. The number of carbonyl (C=O) groups excluding carboxylic acids is 2. The zero-order valence-corrected chi connectivity index (χ0v) is 16.0. The molecule has 0 radical (unpaired) electrons. The van der Waals surface area contributed by atoms with E-state index in [9.17, 15) is 24.5 Å². The van der Waals surface area contributed by atoms with Gasteiger partial charge in [0.1, 0.15) is 11.4 Å². The van der Waals surface area contributed by atoms with Crippen molar-refractivity contribution in [3.63, 3.8) is 0 Å². The van der Waals surface area contributed by atoms with Crippen LogP contribution in [0.2, 0.25) is 0 Å². The number of nitrogens with one attached hydrogen (secondary N) is 1. The maximum absolute atomic E-state index is 12.2. The van der Waals surface area contributed by atoms with Gasteiger partial charge in [0.05, 0.1) is 22.9 Å². The van der Waals surface area contributed by atoms with E-state index in [1.165, 1.54) is 6.92 Å². The lowest BCUT2D eigenvalue weighted by Gasteiger charge is -2.06. The fourth-order valence-electron chi connectivity index (χ4n) is 2.19. The Bertz CT molecular complexity index is 962. The van der Waals surface area contributed by atoms with E-state index in [4.69, 9.17) is 4.74 Å². The Morgan fingerprint density at radius 1 is 1.41 bits per heavy atom. The van der Waals surface area contributed by atoms with E-state index in [0.29, 0.717) is 5.69 Å². The second kappa shape index (κ2) is 8.08. The topological polar surface area (TPSA) is 133 Å². The highest BCUT2D eigenvalue weighted by Gasteiger charge is 2.20. The fraction of sp³-hybridized carbons (Fsp3) is 0.375. The average molecular weight is 394 g/mol. The lowest BCUT2D eigenvalue weighted by atomic mass is 10.2. The number of amides is 1. The Morgan fingerprint density at radius 3 is 2.67 bits per heavy atom. The van der Waals surface area contributed by atoms with Crippen molar-refractivity contribution in [3.8, 4) is 0 Å². The van der Waals surface area contributed by atoms with Crippen LogP contribution in [0.25, 0.3) is 0 Å². The molecule has 0 aliphatic carbocycles. The number of nitro groups is 1. The lowest BCUT2D eigenvalue weighted by Crippen LogP contribution is -2.27. The first-order valence-corrected chi connectivity index (χ1v) is 8.74. The predicted octanol–water partition coefficient (Wildman–Crippen LogP) is 2.03. The van der Waals surface area contributed by atoms with E-state index in [-0.39, 0.29) is 27.4 Å². The van der Waals surface area contributed by atoms with Crippen molar-refractivity contribution in [3.05, 3.63) is 48.9 Å². The highest BCUT2D eigenvalue weighted by atomic mass is 32.1. The number of esters is 1. The molecule has 1 N–H and O–H groups in total. The van der Waals surface area contributed by atoms with Gasteiger partial charge in [0.15, 0.2) is 5.13 Å². The molecule has 10 nitrogen and oxygen atoms in total. The number of hydrogen-bond acceptors (Lipinski definition) is 8. The van der Waals surface area contributed by atoms with E-state index in [1.807, 2.05) is 0 Å². The molecule has 0 saturated heterocycles. The van der Waals surface area contributed by atoms with Crippen LogP contribution in [-0.2, 0) is 16.1 Å². The van der Waals surface area contributed by atoms with Crippen LogP contribution in [0.15, 0.2) is 17.1 Å². The first kappa shape index (κ1) is 20.2. The summed E-state index contributed by atoms with van der Waals surface area (Å²) < 4.78 is 6.04. The summed E-state index contributed by atoms with van der Waals surface area (Å²) in [5, 5.41) is 13.6. The van der Waals surface area contributed by atoms with Gasteiger partial charge in [-0.15, -0.1) is 0 Å². The number of rotatable bonds is 6. The van der Waals surface area contributed by atoms with Crippen LogP contribution in [-0.4, -0.2) is 32.5 Å². The highest BCUT2D eigenvalue weighted by molar-refractivity contribution is 7.17. The Morgan fingerprint density at radius 2 is 2.07 bits per heavy atom.